The number of pyridine rings is 1. The Kier molecular flexibility index (Phi) is 3.47. The van der Waals surface area contributed by atoms with Gasteiger partial charge in [-0.3, -0.25) is 4.98 Å². The fourth-order valence-corrected chi connectivity index (χ4v) is 2.40. The molecule has 2 rings (SSSR count). The van der Waals surface area contributed by atoms with Gasteiger partial charge in [0, 0.05) is 11.9 Å². The first-order chi connectivity index (χ1) is 7.75. The topological polar surface area (TPSA) is 76.0 Å². The van der Waals surface area contributed by atoms with Gasteiger partial charge < -0.3 is 5.11 Å². The maximum Gasteiger partial charge on any atom is 0.337 e. The number of nitrogens with zero attached hydrogens (tertiary/aromatic N) is 3. The molecule has 0 aliphatic carbocycles. The van der Waals surface area contributed by atoms with Crippen molar-refractivity contribution in [1.29, 1.82) is 0 Å². The molecule has 0 aliphatic rings. The minimum absolute atomic E-state index is 0.199. The van der Waals surface area contributed by atoms with Crippen LogP contribution in [0, 0.1) is 0 Å². The van der Waals surface area contributed by atoms with Gasteiger partial charge >= 0.3 is 5.97 Å². The van der Waals surface area contributed by atoms with E-state index in [1.807, 2.05) is 0 Å². The van der Waals surface area contributed by atoms with Crippen LogP contribution >= 0.6 is 23.1 Å². The fraction of sp³-hybridized carbons (Fsp3) is 0.111. The lowest BCUT2D eigenvalue weighted by Gasteiger charge is -1.98. The lowest BCUT2D eigenvalue weighted by molar-refractivity contribution is 0.0696. The minimum atomic E-state index is -0.962. The molecule has 0 saturated heterocycles. The third-order valence-electron chi connectivity index (χ3n) is 1.76. The fourth-order valence-electron chi connectivity index (χ4n) is 0.998. The normalized spacial score (nSPS) is 10.2. The van der Waals surface area contributed by atoms with E-state index < -0.39 is 5.97 Å². The molecule has 2 aromatic heterocycles. The summed E-state index contributed by atoms with van der Waals surface area (Å²) in [7, 11) is 0. The largest absolute Gasteiger partial charge is 0.478 e. The Balaban J connectivity index is 1.98. The van der Waals surface area contributed by atoms with Crippen molar-refractivity contribution in [1.82, 2.24) is 15.2 Å². The number of aromatic nitrogens is 3. The van der Waals surface area contributed by atoms with Gasteiger partial charge in [-0.05, 0) is 12.1 Å². The van der Waals surface area contributed by atoms with Crippen LogP contribution in [0.2, 0.25) is 0 Å². The van der Waals surface area contributed by atoms with Gasteiger partial charge in [-0.2, -0.15) is 0 Å². The lowest BCUT2D eigenvalue weighted by atomic mass is 10.2. The zero-order chi connectivity index (χ0) is 11.4. The van der Waals surface area contributed by atoms with Gasteiger partial charge in [-0.25, -0.2) is 4.79 Å². The second-order valence-corrected chi connectivity index (χ2v) is 4.89. The van der Waals surface area contributed by atoms with Gasteiger partial charge in [0.25, 0.3) is 0 Å². The molecule has 0 fully saturated rings. The number of hydrogen-bond acceptors (Lipinski definition) is 6. The molecule has 0 radical (unpaired) electrons. The van der Waals surface area contributed by atoms with Crippen molar-refractivity contribution in [2.24, 2.45) is 0 Å². The Labute approximate surface area is 99.6 Å². The highest BCUT2D eigenvalue weighted by Gasteiger charge is 2.04. The van der Waals surface area contributed by atoms with E-state index in [1.165, 1.54) is 29.3 Å². The third kappa shape index (κ3) is 2.77. The van der Waals surface area contributed by atoms with Crippen molar-refractivity contribution in [3.63, 3.8) is 0 Å². The highest BCUT2D eigenvalue weighted by molar-refractivity contribution is 8.00. The molecule has 2 heterocycles. The summed E-state index contributed by atoms with van der Waals surface area (Å²) >= 11 is 3.00. The Morgan fingerprint density at radius 3 is 2.94 bits per heavy atom. The van der Waals surface area contributed by atoms with Crippen LogP contribution in [0.25, 0.3) is 0 Å². The van der Waals surface area contributed by atoms with Crippen molar-refractivity contribution >= 4 is 29.1 Å². The summed E-state index contributed by atoms with van der Waals surface area (Å²) in [6.45, 7) is 0. The smallest absolute Gasteiger partial charge is 0.337 e. The average Bonchev–Trinajstić information content (AvgIpc) is 2.80. The lowest BCUT2D eigenvalue weighted by Crippen LogP contribution is -1.97. The molecule has 7 heteroatoms. The number of aromatic carboxylic acids is 1. The van der Waals surface area contributed by atoms with E-state index in [0.29, 0.717) is 5.75 Å². The molecular weight excluding hydrogens is 246 g/mol. The highest BCUT2D eigenvalue weighted by Crippen LogP contribution is 2.22. The summed E-state index contributed by atoms with van der Waals surface area (Å²) in [6, 6.07) is 3.25. The summed E-state index contributed by atoms with van der Waals surface area (Å²) < 4.78 is 0.879. The Bertz CT molecular complexity index is 470. The van der Waals surface area contributed by atoms with Gasteiger partial charge in [0.15, 0.2) is 4.34 Å². The van der Waals surface area contributed by atoms with Crippen molar-refractivity contribution in [3.05, 3.63) is 35.1 Å². The van der Waals surface area contributed by atoms with Crippen LogP contribution in [-0.4, -0.2) is 26.3 Å². The van der Waals surface area contributed by atoms with Gasteiger partial charge in [0.2, 0.25) is 0 Å². The van der Waals surface area contributed by atoms with Crippen LogP contribution in [0.1, 0.15) is 16.1 Å². The Hall–Kier alpha value is -1.47. The van der Waals surface area contributed by atoms with Crippen LogP contribution in [0.15, 0.2) is 28.2 Å². The zero-order valence-electron chi connectivity index (χ0n) is 8.03. The maximum atomic E-state index is 10.6. The van der Waals surface area contributed by atoms with Gasteiger partial charge in [0.05, 0.1) is 11.3 Å². The quantitative estimate of drug-likeness (QED) is 0.839. The molecule has 0 amide bonds. The van der Waals surface area contributed by atoms with Gasteiger partial charge in [0.1, 0.15) is 5.51 Å². The third-order valence-corrected chi connectivity index (χ3v) is 3.65. The summed E-state index contributed by atoms with van der Waals surface area (Å²) in [6.07, 6.45) is 1.36. The average molecular weight is 253 g/mol. The zero-order valence-corrected chi connectivity index (χ0v) is 9.66. The number of carboxylic acids is 1. The molecule has 5 nitrogen and oxygen atoms in total. The molecule has 82 valence electrons. The molecule has 16 heavy (non-hydrogen) atoms. The Morgan fingerprint density at radius 1 is 1.50 bits per heavy atom. The molecule has 0 spiro atoms. The first kappa shape index (κ1) is 11.0. The molecule has 0 unspecified atom stereocenters. The van der Waals surface area contributed by atoms with Gasteiger partial charge in [-0.15, -0.1) is 10.2 Å². The second kappa shape index (κ2) is 5.04. The van der Waals surface area contributed by atoms with Crippen molar-refractivity contribution in [3.8, 4) is 0 Å². The van der Waals surface area contributed by atoms with E-state index in [-0.39, 0.29) is 5.56 Å². The SMILES string of the molecule is O=C(O)c1ccc(CSc2nncs2)nc1. The van der Waals surface area contributed by atoms with Crippen LogP contribution in [0.4, 0.5) is 0 Å². The molecular formula is C9H7N3O2S2. The van der Waals surface area contributed by atoms with E-state index in [9.17, 15) is 4.79 Å². The van der Waals surface area contributed by atoms with Crippen LogP contribution in [0.3, 0.4) is 0 Å². The molecule has 0 saturated carbocycles. The number of carboxylic acid groups (broad SMARTS) is 1. The predicted molar refractivity (Wildman–Crippen MR) is 60.7 cm³/mol. The number of carbonyl (C=O) groups is 1. The van der Waals surface area contributed by atoms with Crippen molar-refractivity contribution in [2.45, 2.75) is 10.1 Å². The molecule has 0 atom stereocenters. The summed E-state index contributed by atoms with van der Waals surface area (Å²) in [5.41, 5.74) is 2.69. The van der Waals surface area contributed by atoms with E-state index in [1.54, 1.807) is 17.6 Å². The van der Waals surface area contributed by atoms with E-state index >= 15 is 0 Å². The monoisotopic (exact) mass is 253 g/mol. The molecule has 1 N–H and O–H groups in total. The van der Waals surface area contributed by atoms with Crippen LogP contribution < -0.4 is 0 Å². The standard InChI is InChI=1S/C9H7N3O2S2/c13-8(14)6-1-2-7(10-3-6)4-15-9-12-11-5-16-9/h1-3,5H,4H2,(H,13,14). The number of hydrogen-bond donors (Lipinski definition) is 1. The van der Waals surface area contributed by atoms with E-state index in [4.69, 9.17) is 5.11 Å². The van der Waals surface area contributed by atoms with Crippen LogP contribution in [-0.2, 0) is 5.75 Å². The van der Waals surface area contributed by atoms with E-state index in [2.05, 4.69) is 15.2 Å². The van der Waals surface area contributed by atoms with Crippen LogP contribution in [0.5, 0.6) is 0 Å². The Morgan fingerprint density at radius 2 is 2.38 bits per heavy atom. The summed E-state index contributed by atoms with van der Waals surface area (Å²) in [5.74, 6) is -0.300. The first-order valence-electron chi connectivity index (χ1n) is 4.33. The summed E-state index contributed by atoms with van der Waals surface area (Å²) in [5, 5.41) is 16.3. The first-order valence-corrected chi connectivity index (χ1v) is 6.19. The summed E-state index contributed by atoms with van der Waals surface area (Å²) in [4.78, 5) is 14.6. The second-order valence-electron chi connectivity index (χ2n) is 2.84. The minimum Gasteiger partial charge on any atom is -0.478 e. The maximum absolute atomic E-state index is 10.6. The van der Waals surface area contributed by atoms with E-state index in [0.717, 1.165) is 10.0 Å². The van der Waals surface area contributed by atoms with Gasteiger partial charge in [-0.1, -0.05) is 23.1 Å². The molecule has 2 aromatic rings. The molecule has 0 aromatic carbocycles. The predicted octanol–water partition coefficient (Wildman–Crippen LogP) is 1.92. The number of rotatable bonds is 4. The molecule has 0 aliphatic heterocycles. The highest BCUT2D eigenvalue weighted by atomic mass is 32.2. The van der Waals surface area contributed by atoms with Crippen molar-refractivity contribution < 1.29 is 9.90 Å². The molecule has 0 bridgehead atoms. The van der Waals surface area contributed by atoms with Crippen molar-refractivity contribution in [2.75, 3.05) is 0 Å². The number of thioether (sulfide) groups is 1.